The van der Waals surface area contributed by atoms with Crippen LogP contribution in [0.4, 0.5) is 74.6 Å². The molecule has 37 heavy (non-hydrogen) atoms. The van der Waals surface area contributed by atoms with E-state index in [0.29, 0.717) is 4.72 Å². The van der Waals surface area contributed by atoms with E-state index in [1.165, 1.54) is 0 Å². The summed E-state index contributed by atoms with van der Waals surface area (Å²) in [6.07, 6.45) is -10.4. The van der Waals surface area contributed by atoms with Crippen LogP contribution >= 0.6 is 0 Å². The van der Waals surface area contributed by atoms with Gasteiger partial charge in [0, 0.05) is 6.42 Å². The van der Waals surface area contributed by atoms with Gasteiger partial charge in [0.05, 0.1) is 21.1 Å². The molecule has 0 aliphatic carbocycles. The van der Waals surface area contributed by atoms with E-state index in [2.05, 4.69) is 0 Å². The molecule has 0 aromatic heterocycles. The molecule has 1 atom stereocenters. The van der Waals surface area contributed by atoms with E-state index < -0.39 is 74.1 Å². The van der Waals surface area contributed by atoms with E-state index in [9.17, 15) is 83.1 Å². The summed E-state index contributed by atoms with van der Waals surface area (Å²) in [5.74, 6) is -51.6. The van der Waals surface area contributed by atoms with Crippen LogP contribution in [0.3, 0.4) is 0 Å². The van der Waals surface area contributed by atoms with E-state index in [4.69, 9.17) is 0 Å². The zero-order valence-electron chi connectivity index (χ0n) is 18.3. The lowest BCUT2D eigenvalue weighted by atomic mass is 9.91. The van der Waals surface area contributed by atoms with Crippen LogP contribution in [0.25, 0.3) is 0 Å². The molecule has 0 aliphatic heterocycles. The third kappa shape index (κ3) is 5.39. The first-order valence-electron chi connectivity index (χ1n) is 8.71. The molecule has 0 aliphatic rings. The van der Waals surface area contributed by atoms with Gasteiger partial charge < -0.3 is 16.9 Å². The number of halogens is 18. The van der Waals surface area contributed by atoms with Crippen molar-refractivity contribution < 1.29 is 99.9 Å². The van der Waals surface area contributed by atoms with E-state index in [0.717, 1.165) is 28.1 Å². The van der Waals surface area contributed by atoms with Crippen LogP contribution in [0.2, 0.25) is 0 Å². The third-order valence-electron chi connectivity index (χ3n) is 4.64. The van der Waals surface area contributed by atoms with Gasteiger partial charge in [-0.1, -0.05) is 6.92 Å². The molecule has 0 rings (SSSR count). The smallest absolute Gasteiger partial charge is 0.460 e. The standard InChI is InChI=1S/C14H16F17N2O2S.ClH/c1-5-6(33(2,3)4)32-36(34,35)14(30,31)12(25,26)10(21,22)8(17,18)7(15,16)9(19,20)11(23,24)13(27,28)29;/h6,32H,5H2,1-4H3;1H/q+1;/p-1. The van der Waals surface area contributed by atoms with E-state index in [-0.39, 0.29) is 12.4 Å². The topological polar surface area (TPSA) is 46.2 Å². The second kappa shape index (κ2) is 9.86. The predicted molar refractivity (Wildman–Crippen MR) is 84.9 cm³/mol. The Hall–Kier alpha value is -1.03. The highest BCUT2D eigenvalue weighted by atomic mass is 35.5. The van der Waals surface area contributed by atoms with Gasteiger partial charge in [-0.2, -0.15) is 79.4 Å². The number of nitrogens with zero attached hydrogens (tertiary/aromatic N) is 1. The van der Waals surface area contributed by atoms with Gasteiger partial charge in [0.1, 0.15) is 0 Å². The molecule has 0 saturated carbocycles. The van der Waals surface area contributed by atoms with Gasteiger partial charge in [-0.25, -0.2) is 8.42 Å². The fourth-order valence-corrected chi connectivity index (χ4v) is 3.82. The molecular formula is C14H16ClF17N2O2S. The molecule has 23 heteroatoms. The number of nitrogens with one attached hydrogen (secondary N) is 1. The number of quaternary nitrogens is 1. The molecule has 226 valence electrons. The summed E-state index contributed by atoms with van der Waals surface area (Å²) >= 11 is 0. The molecule has 0 heterocycles. The molecule has 1 unspecified atom stereocenters. The average Bonchev–Trinajstić information content (AvgIpc) is 2.62. The first kappa shape index (κ1) is 38.1. The summed E-state index contributed by atoms with van der Waals surface area (Å²) in [6, 6.07) is 0. The fourth-order valence-electron chi connectivity index (χ4n) is 2.36. The molecule has 1 N–H and O–H groups in total. The van der Waals surface area contributed by atoms with Crippen LogP contribution < -0.4 is 17.1 Å². The first-order chi connectivity index (χ1) is 15.2. The van der Waals surface area contributed by atoms with Gasteiger partial charge in [0.2, 0.25) is 0 Å². The van der Waals surface area contributed by atoms with Crippen LogP contribution in [0, 0.1) is 0 Å². The number of hydrogen-bond donors (Lipinski definition) is 1. The van der Waals surface area contributed by atoms with Crippen LogP contribution in [-0.2, 0) is 10.0 Å². The Bertz CT molecular complexity index is 912. The maximum absolute atomic E-state index is 14.0. The Balaban J connectivity index is 0. The number of hydrogen-bond acceptors (Lipinski definition) is 2. The first-order valence-corrected chi connectivity index (χ1v) is 10.2. The highest BCUT2D eigenvalue weighted by Crippen LogP contribution is 2.64. The maximum Gasteiger partial charge on any atom is 0.460 e. The van der Waals surface area contributed by atoms with E-state index in [1.54, 1.807) is 0 Å². The Labute approximate surface area is 203 Å². The van der Waals surface area contributed by atoms with Gasteiger partial charge in [0.15, 0.2) is 6.17 Å². The molecule has 0 amide bonds. The summed E-state index contributed by atoms with van der Waals surface area (Å²) in [5.41, 5.74) is 0. The number of rotatable bonds is 11. The highest BCUT2D eigenvalue weighted by Gasteiger charge is 2.96. The molecular weight excluding hydrogens is 619 g/mol. The molecule has 0 radical (unpaired) electrons. The fraction of sp³-hybridized carbons (Fsp3) is 1.00. The quantitative estimate of drug-likeness (QED) is 0.216. The molecule has 4 nitrogen and oxygen atoms in total. The monoisotopic (exact) mass is 634 g/mol. The zero-order chi connectivity index (χ0) is 30.0. The summed E-state index contributed by atoms with van der Waals surface area (Å²) in [5, 5.41) is -7.56. The van der Waals surface area contributed by atoms with Crippen molar-refractivity contribution in [2.24, 2.45) is 0 Å². The van der Waals surface area contributed by atoms with Crippen LogP contribution in [0.5, 0.6) is 0 Å². The van der Waals surface area contributed by atoms with E-state index in [1.807, 2.05) is 0 Å². The molecule has 0 aromatic carbocycles. The molecule has 0 saturated heterocycles. The van der Waals surface area contributed by atoms with Crippen molar-refractivity contribution >= 4 is 10.0 Å². The van der Waals surface area contributed by atoms with Crippen molar-refractivity contribution in [1.29, 1.82) is 0 Å². The van der Waals surface area contributed by atoms with Crippen molar-refractivity contribution in [2.45, 2.75) is 66.5 Å². The van der Waals surface area contributed by atoms with Crippen molar-refractivity contribution in [1.82, 2.24) is 4.72 Å². The Kier molecular flexibility index (Phi) is 10.2. The molecule has 0 spiro atoms. The normalized spacial score (nSPS) is 16.9. The summed E-state index contributed by atoms with van der Waals surface area (Å²) in [6.45, 7) is 0.999. The second-order valence-electron chi connectivity index (χ2n) is 8.12. The van der Waals surface area contributed by atoms with Gasteiger partial charge in [-0.15, -0.1) is 0 Å². The molecule has 0 bridgehead atoms. The lowest BCUT2D eigenvalue weighted by Crippen LogP contribution is -3.00. The third-order valence-corrected chi connectivity index (χ3v) is 6.16. The van der Waals surface area contributed by atoms with Gasteiger partial charge in [-0.05, 0) is 0 Å². The van der Waals surface area contributed by atoms with Gasteiger partial charge in [-0.3, -0.25) is 0 Å². The SMILES string of the molecule is CCC(NS(=O)(=O)C(F)(F)C(F)(F)C(F)(F)C(F)(F)C(F)(F)C(F)(F)C(F)(F)C(F)(F)F)[N+](C)(C)C.[Cl-]. The van der Waals surface area contributed by atoms with Crippen molar-refractivity contribution in [3.63, 3.8) is 0 Å². The highest BCUT2D eigenvalue weighted by molar-refractivity contribution is 7.90. The van der Waals surface area contributed by atoms with Crippen LogP contribution in [0.15, 0.2) is 0 Å². The molecule has 0 aromatic rings. The number of alkyl halides is 17. The summed E-state index contributed by atoms with van der Waals surface area (Å²) < 4.78 is 249. The Morgan fingerprint density at radius 1 is 0.595 bits per heavy atom. The predicted octanol–water partition coefficient (Wildman–Crippen LogP) is 2.32. The summed E-state index contributed by atoms with van der Waals surface area (Å²) in [7, 11) is -4.31. The van der Waals surface area contributed by atoms with Gasteiger partial charge >= 0.3 is 47.0 Å². The number of sulfonamides is 1. The van der Waals surface area contributed by atoms with Crippen LogP contribution in [-0.4, -0.2) is 87.2 Å². The lowest BCUT2D eigenvalue weighted by Gasteiger charge is -2.42. The van der Waals surface area contributed by atoms with Crippen LogP contribution in [0.1, 0.15) is 13.3 Å². The summed E-state index contributed by atoms with van der Waals surface area (Å²) in [4.78, 5) is 0. The molecule has 0 fully saturated rings. The average molecular weight is 635 g/mol. The van der Waals surface area contributed by atoms with Crippen molar-refractivity contribution in [3.05, 3.63) is 0 Å². The minimum atomic E-state index is -8.84. The Morgan fingerprint density at radius 2 is 0.865 bits per heavy atom. The minimum Gasteiger partial charge on any atom is -1.00 e. The zero-order valence-corrected chi connectivity index (χ0v) is 19.8. The lowest BCUT2D eigenvalue weighted by molar-refractivity contribution is -0.898. The van der Waals surface area contributed by atoms with Crippen molar-refractivity contribution in [3.8, 4) is 0 Å². The van der Waals surface area contributed by atoms with Gasteiger partial charge in [0.25, 0.3) is 10.0 Å². The maximum atomic E-state index is 14.0. The van der Waals surface area contributed by atoms with Crippen molar-refractivity contribution in [2.75, 3.05) is 21.1 Å². The second-order valence-corrected chi connectivity index (χ2v) is 9.88. The largest absolute Gasteiger partial charge is 1.00 e. The van der Waals surface area contributed by atoms with E-state index >= 15 is 0 Å². The Morgan fingerprint density at radius 3 is 1.11 bits per heavy atom. The minimum absolute atomic E-state index is 0.